The summed E-state index contributed by atoms with van der Waals surface area (Å²) in [5.41, 5.74) is 0. The van der Waals surface area contributed by atoms with Crippen molar-refractivity contribution in [1.82, 2.24) is 0 Å². The molecular weight excluding hydrogens is 88.1 g/mol. The van der Waals surface area contributed by atoms with Gasteiger partial charge in [-0.2, -0.15) is 0 Å². The zero-order chi connectivity index (χ0) is 5.54. The van der Waals surface area contributed by atoms with Crippen molar-refractivity contribution in [3.63, 3.8) is 0 Å². The Bertz CT molecular complexity index is 119. The second-order valence-electron chi connectivity index (χ2n) is 0.772. The van der Waals surface area contributed by atoms with Crippen molar-refractivity contribution in [2.75, 3.05) is 6.61 Å². The highest BCUT2D eigenvalue weighted by Crippen LogP contribution is 1.62. The summed E-state index contributed by atoms with van der Waals surface area (Å²) in [7, 11) is 0. The fourth-order valence-electron chi connectivity index (χ4n) is 0.129. The molecule has 0 aromatic heterocycles. The van der Waals surface area contributed by atoms with Gasteiger partial charge in [0.25, 0.3) is 0 Å². The quantitative estimate of drug-likeness (QED) is 0.337. The third-order valence-corrected chi connectivity index (χ3v) is 0.300. The van der Waals surface area contributed by atoms with Crippen molar-refractivity contribution in [3.05, 3.63) is 6.92 Å². The summed E-state index contributed by atoms with van der Waals surface area (Å²) in [6, 6.07) is 0. The minimum atomic E-state index is 0.239. The topological polar surface area (TPSA) is 9.23 Å². The molecule has 0 bridgehead atoms. The van der Waals surface area contributed by atoms with E-state index in [0.717, 1.165) is 0 Å². The minimum Gasteiger partial charge on any atom is -0.433 e. The fraction of sp³-hybridized carbons (Fsp3) is 0.167. The van der Waals surface area contributed by atoms with Gasteiger partial charge in [-0.05, 0) is 0 Å². The van der Waals surface area contributed by atoms with Crippen LogP contribution < -0.4 is 0 Å². The highest BCUT2D eigenvalue weighted by atomic mass is 16.5. The van der Waals surface area contributed by atoms with Crippen molar-refractivity contribution < 1.29 is 4.74 Å². The molecule has 0 amide bonds. The third-order valence-electron chi connectivity index (χ3n) is 0.300. The lowest BCUT2D eigenvalue weighted by Gasteiger charge is -1.80. The van der Waals surface area contributed by atoms with Crippen LogP contribution in [-0.2, 0) is 4.74 Å². The minimum absolute atomic E-state index is 0.239. The molecule has 0 rings (SSSR count). The van der Waals surface area contributed by atoms with Gasteiger partial charge in [-0.25, -0.2) is 0 Å². The highest BCUT2D eigenvalue weighted by Gasteiger charge is 1.63. The Kier molecular flexibility index (Phi) is 4.16. The van der Waals surface area contributed by atoms with E-state index in [4.69, 9.17) is 6.42 Å². The summed E-state index contributed by atoms with van der Waals surface area (Å²) in [5.74, 6) is 4.53. The molecule has 1 heteroatoms. The lowest BCUT2D eigenvalue weighted by Crippen LogP contribution is -1.78. The monoisotopic (exact) mass is 93.0 g/mol. The number of terminal acetylenes is 1. The standard InChI is InChI=1S/C6H5O/c1-3-5-7-6-4-2/h1H,2,5H2. The van der Waals surface area contributed by atoms with E-state index in [9.17, 15) is 0 Å². The maximum Gasteiger partial charge on any atom is 0.160 e. The number of ether oxygens (including phenoxy) is 1. The predicted octanol–water partition coefficient (Wildman–Crippen LogP) is 0.431. The largest absolute Gasteiger partial charge is 0.433 e. The van der Waals surface area contributed by atoms with E-state index in [1.807, 2.05) is 0 Å². The molecule has 0 aromatic rings. The molecular formula is C6H5O. The molecule has 0 aromatic carbocycles. The van der Waals surface area contributed by atoms with Gasteiger partial charge in [-0.1, -0.05) is 11.8 Å². The normalized spacial score (nSPS) is 5.14. The Hall–Kier alpha value is -1.08. The van der Waals surface area contributed by atoms with Crippen LogP contribution in [0.2, 0.25) is 0 Å². The first-order valence-corrected chi connectivity index (χ1v) is 1.74. The van der Waals surface area contributed by atoms with E-state index in [-0.39, 0.29) is 6.61 Å². The van der Waals surface area contributed by atoms with Crippen LogP contribution in [0.4, 0.5) is 0 Å². The summed E-state index contributed by atoms with van der Waals surface area (Å²) in [6.07, 6.45) is 7.05. The zero-order valence-corrected chi connectivity index (χ0v) is 3.90. The van der Waals surface area contributed by atoms with Crippen LogP contribution in [0.1, 0.15) is 0 Å². The Morgan fingerprint density at radius 1 is 1.71 bits per heavy atom. The second-order valence-corrected chi connectivity index (χ2v) is 0.772. The Morgan fingerprint density at radius 3 is 2.86 bits per heavy atom. The van der Waals surface area contributed by atoms with Gasteiger partial charge < -0.3 is 4.74 Å². The van der Waals surface area contributed by atoms with Gasteiger partial charge in [0, 0.05) is 6.92 Å². The molecule has 0 unspecified atom stereocenters. The molecule has 1 radical (unpaired) electrons. The van der Waals surface area contributed by atoms with E-state index in [0.29, 0.717) is 0 Å². The average molecular weight is 93.1 g/mol. The molecule has 0 spiro atoms. The molecule has 1 nitrogen and oxygen atoms in total. The third kappa shape index (κ3) is 4.92. The van der Waals surface area contributed by atoms with Crippen molar-refractivity contribution in [2.45, 2.75) is 0 Å². The summed E-state index contributed by atoms with van der Waals surface area (Å²) in [5, 5.41) is 0. The van der Waals surface area contributed by atoms with Crippen molar-refractivity contribution in [1.29, 1.82) is 0 Å². The molecule has 7 heavy (non-hydrogen) atoms. The predicted molar refractivity (Wildman–Crippen MR) is 27.9 cm³/mol. The summed E-state index contributed by atoms with van der Waals surface area (Å²) >= 11 is 0. The molecule has 0 aliphatic carbocycles. The van der Waals surface area contributed by atoms with Gasteiger partial charge in [-0.15, -0.1) is 6.42 Å². The second kappa shape index (κ2) is 4.92. The van der Waals surface area contributed by atoms with Crippen LogP contribution in [-0.4, -0.2) is 6.61 Å². The Balaban J connectivity index is 2.98. The van der Waals surface area contributed by atoms with Gasteiger partial charge in [0.05, 0.1) is 0 Å². The smallest absolute Gasteiger partial charge is 0.160 e. The Labute approximate surface area is 43.7 Å². The first-order chi connectivity index (χ1) is 3.41. The van der Waals surface area contributed by atoms with Crippen molar-refractivity contribution in [2.24, 2.45) is 0 Å². The lowest BCUT2D eigenvalue weighted by molar-refractivity contribution is 0.328. The van der Waals surface area contributed by atoms with Crippen molar-refractivity contribution in [3.8, 4) is 24.4 Å². The zero-order valence-electron chi connectivity index (χ0n) is 3.90. The van der Waals surface area contributed by atoms with Gasteiger partial charge in [0.1, 0.15) is 6.11 Å². The fourth-order valence-corrected chi connectivity index (χ4v) is 0.129. The van der Waals surface area contributed by atoms with E-state index < -0.39 is 0 Å². The molecule has 0 heterocycles. The lowest BCUT2D eigenvalue weighted by atomic mass is 10.7. The molecule has 0 fully saturated rings. The van der Waals surface area contributed by atoms with E-state index in [2.05, 4.69) is 29.6 Å². The molecule has 0 saturated carbocycles. The summed E-state index contributed by atoms with van der Waals surface area (Å²) < 4.78 is 4.47. The molecule has 0 atom stereocenters. The summed E-state index contributed by atoms with van der Waals surface area (Å²) in [4.78, 5) is 0. The van der Waals surface area contributed by atoms with E-state index >= 15 is 0 Å². The SMILES string of the molecule is C#CCOC#C[CH2]. The van der Waals surface area contributed by atoms with Crippen LogP contribution in [0, 0.1) is 31.3 Å². The van der Waals surface area contributed by atoms with Gasteiger partial charge >= 0.3 is 0 Å². The molecule has 0 N–H and O–H groups in total. The molecule has 35 valence electrons. The Morgan fingerprint density at radius 2 is 2.43 bits per heavy atom. The van der Waals surface area contributed by atoms with Crippen LogP contribution in [0.25, 0.3) is 0 Å². The maximum absolute atomic E-state index is 4.81. The van der Waals surface area contributed by atoms with Crippen LogP contribution in [0.3, 0.4) is 0 Å². The van der Waals surface area contributed by atoms with Crippen molar-refractivity contribution >= 4 is 0 Å². The molecule has 0 aliphatic rings. The van der Waals surface area contributed by atoms with Gasteiger partial charge in [-0.3, -0.25) is 0 Å². The van der Waals surface area contributed by atoms with E-state index in [1.165, 1.54) is 0 Å². The molecule has 0 saturated heterocycles. The number of rotatable bonds is 1. The first-order valence-electron chi connectivity index (χ1n) is 1.74. The molecule has 0 aliphatic heterocycles. The van der Waals surface area contributed by atoms with Crippen LogP contribution in [0.15, 0.2) is 0 Å². The van der Waals surface area contributed by atoms with Gasteiger partial charge in [0.2, 0.25) is 0 Å². The van der Waals surface area contributed by atoms with Crippen LogP contribution in [0.5, 0.6) is 0 Å². The first kappa shape index (κ1) is 5.92. The maximum atomic E-state index is 4.81. The van der Waals surface area contributed by atoms with Crippen LogP contribution >= 0.6 is 0 Å². The highest BCUT2D eigenvalue weighted by molar-refractivity contribution is 4.96. The van der Waals surface area contributed by atoms with E-state index in [1.54, 1.807) is 0 Å². The number of hydrogen-bond acceptors (Lipinski definition) is 1. The van der Waals surface area contributed by atoms with Gasteiger partial charge in [0.15, 0.2) is 6.61 Å². The average Bonchev–Trinajstić information content (AvgIpc) is 1.69. The number of hydrogen-bond donors (Lipinski definition) is 0. The summed E-state index contributed by atoms with van der Waals surface area (Å²) in [6.45, 7) is 3.44.